The van der Waals surface area contributed by atoms with Crippen LogP contribution < -0.4 is 0 Å². The summed E-state index contributed by atoms with van der Waals surface area (Å²) in [5, 5.41) is 2.19. The van der Waals surface area contributed by atoms with Gasteiger partial charge in [0, 0.05) is 15.5 Å². The Bertz CT molecular complexity index is 596. The highest BCUT2D eigenvalue weighted by Crippen LogP contribution is 2.36. The third-order valence-corrected chi connectivity index (χ3v) is 4.04. The zero-order valence-corrected chi connectivity index (χ0v) is 9.07. The van der Waals surface area contributed by atoms with Gasteiger partial charge in [0.15, 0.2) is 0 Å². The molecular weight excluding hydrogens is 207 g/mol. The molecule has 0 bridgehead atoms. The Balaban J connectivity index is 2.63. The minimum atomic E-state index is -0.117. The number of thiophene rings is 1. The first-order chi connectivity index (χ1) is 7.27. The second kappa shape index (κ2) is 3.04. The topological polar surface area (TPSA) is 0 Å². The van der Waals surface area contributed by atoms with E-state index in [1.54, 1.807) is 6.07 Å². The Hall–Kier alpha value is -1.41. The normalized spacial score (nSPS) is 11.3. The summed E-state index contributed by atoms with van der Waals surface area (Å²) in [6, 6.07) is 11.4. The molecule has 74 valence electrons. The molecule has 0 N–H and O–H groups in total. The van der Waals surface area contributed by atoms with Crippen LogP contribution >= 0.6 is 11.3 Å². The first kappa shape index (κ1) is 8.86. The van der Waals surface area contributed by atoms with E-state index < -0.39 is 0 Å². The molecule has 0 atom stereocenters. The highest BCUT2D eigenvalue weighted by atomic mass is 32.1. The third-order valence-electron chi connectivity index (χ3n) is 2.67. The number of hydrogen-bond acceptors (Lipinski definition) is 1. The summed E-state index contributed by atoms with van der Waals surface area (Å²) in [6.45, 7) is 2.07. The average Bonchev–Trinajstić information content (AvgIpc) is 2.60. The molecule has 0 radical (unpaired) electrons. The van der Waals surface area contributed by atoms with Crippen molar-refractivity contribution in [2.45, 2.75) is 6.92 Å². The van der Waals surface area contributed by atoms with E-state index in [4.69, 9.17) is 0 Å². The number of rotatable bonds is 0. The van der Waals surface area contributed by atoms with Crippen molar-refractivity contribution in [2.24, 2.45) is 0 Å². The maximum atomic E-state index is 13.6. The number of halogens is 1. The molecule has 2 heteroatoms. The van der Waals surface area contributed by atoms with Crippen LogP contribution in [0.3, 0.4) is 0 Å². The molecule has 0 spiro atoms. The zero-order chi connectivity index (χ0) is 10.4. The van der Waals surface area contributed by atoms with Crippen molar-refractivity contribution >= 4 is 31.5 Å². The van der Waals surface area contributed by atoms with Crippen LogP contribution in [0.4, 0.5) is 4.39 Å². The first-order valence-electron chi connectivity index (χ1n) is 4.84. The van der Waals surface area contributed by atoms with Crippen molar-refractivity contribution in [1.82, 2.24) is 0 Å². The summed E-state index contributed by atoms with van der Waals surface area (Å²) in [7, 11) is 0. The smallest absolute Gasteiger partial charge is 0.141 e. The molecule has 2 aromatic carbocycles. The van der Waals surface area contributed by atoms with Crippen molar-refractivity contribution in [3.05, 3.63) is 47.8 Å². The van der Waals surface area contributed by atoms with E-state index in [2.05, 4.69) is 19.1 Å². The van der Waals surface area contributed by atoms with Gasteiger partial charge in [-0.2, -0.15) is 0 Å². The molecule has 0 unspecified atom stereocenters. The van der Waals surface area contributed by atoms with Gasteiger partial charge < -0.3 is 0 Å². The standard InChI is InChI=1S/C13H9FS/c1-8-4-2-5-9-10-6-3-7-11(14)13(10)15-12(8)9/h2-7H,1H3. The van der Waals surface area contributed by atoms with E-state index in [-0.39, 0.29) is 5.82 Å². The number of fused-ring (bicyclic) bond motifs is 3. The fourth-order valence-corrected chi connectivity index (χ4v) is 3.10. The summed E-state index contributed by atoms with van der Waals surface area (Å²) < 4.78 is 15.5. The summed E-state index contributed by atoms with van der Waals surface area (Å²) in [5.41, 5.74) is 1.22. The Morgan fingerprint density at radius 2 is 1.60 bits per heavy atom. The van der Waals surface area contributed by atoms with Crippen molar-refractivity contribution in [3.8, 4) is 0 Å². The molecule has 3 aromatic rings. The molecule has 0 saturated carbocycles. The third kappa shape index (κ3) is 1.18. The maximum absolute atomic E-state index is 13.6. The molecule has 1 aromatic heterocycles. The van der Waals surface area contributed by atoms with Gasteiger partial charge in [-0.15, -0.1) is 11.3 Å². The molecule has 0 saturated heterocycles. The average molecular weight is 216 g/mol. The Morgan fingerprint density at radius 3 is 2.40 bits per heavy atom. The number of hydrogen-bond donors (Lipinski definition) is 0. The second-order valence-electron chi connectivity index (χ2n) is 3.67. The highest BCUT2D eigenvalue weighted by Gasteiger charge is 2.08. The van der Waals surface area contributed by atoms with Gasteiger partial charge in [0.05, 0.1) is 4.70 Å². The van der Waals surface area contributed by atoms with Crippen LogP contribution in [-0.4, -0.2) is 0 Å². The van der Waals surface area contributed by atoms with E-state index in [9.17, 15) is 4.39 Å². The minimum Gasteiger partial charge on any atom is -0.205 e. The van der Waals surface area contributed by atoms with Gasteiger partial charge in [-0.05, 0) is 18.6 Å². The van der Waals surface area contributed by atoms with E-state index >= 15 is 0 Å². The van der Waals surface area contributed by atoms with Crippen LogP contribution in [0.1, 0.15) is 5.56 Å². The molecule has 0 aliphatic rings. The molecule has 0 aliphatic heterocycles. The molecule has 0 fully saturated rings. The number of aryl methyl sites for hydroxylation is 1. The molecule has 3 rings (SSSR count). The predicted octanol–water partition coefficient (Wildman–Crippen LogP) is 4.50. The fraction of sp³-hybridized carbons (Fsp3) is 0.0769. The first-order valence-corrected chi connectivity index (χ1v) is 5.65. The highest BCUT2D eigenvalue weighted by molar-refractivity contribution is 7.26. The zero-order valence-electron chi connectivity index (χ0n) is 8.25. The monoisotopic (exact) mass is 216 g/mol. The van der Waals surface area contributed by atoms with Crippen molar-refractivity contribution in [2.75, 3.05) is 0 Å². The van der Waals surface area contributed by atoms with Crippen molar-refractivity contribution in [1.29, 1.82) is 0 Å². The Labute approximate surface area is 91.0 Å². The van der Waals surface area contributed by atoms with Crippen LogP contribution in [-0.2, 0) is 0 Å². The molecule has 0 aliphatic carbocycles. The Kier molecular flexibility index (Phi) is 1.80. The molecule has 0 nitrogen and oxygen atoms in total. The van der Waals surface area contributed by atoms with Crippen molar-refractivity contribution in [3.63, 3.8) is 0 Å². The maximum Gasteiger partial charge on any atom is 0.141 e. The van der Waals surface area contributed by atoms with Gasteiger partial charge >= 0.3 is 0 Å². The van der Waals surface area contributed by atoms with Crippen LogP contribution in [0, 0.1) is 12.7 Å². The van der Waals surface area contributed by atoms with Gasteiger partial charge in [0.25, 0.3) is 0 Å². The summed E-state index contributed by atoms with van der Waals surface area (Å²) in [5.74, 6) is -0.117. The summed E-state index contributed by atoms with van der Waals surface area (Å²) in [6.07, 6.45) is 0. The summed E-state index contributed by atoms with van der Waals surface area (Å²) in [4.78, 5) is 0. The lowest BCUT2D eigenvalue weighted by Gasteiger charge is -1.93. The minimum absolute atomic E-state index is 0.117. The van der Waals surface area contributed by atoms with Gasteiger partial charge in [0.2, 0.25) is 0 Å². The quantitative estimate of drug-likeness (QED) is 0.519. The largest absolute Gasteiger partial charge is 0.205 e. The lowest BCUT2D eigenvalue weighted by Crippen LogP contribution is -1.72. The van der Waals surface area contributed by atoms with Gasteiger partial charge in [-0.1, -0.05) is 30.3 Å². The van der Waals surface area contributed by atoms with Gasteiger partial charge in [0.1, 0.15) is 5.82 Å². The van der Waals surface area contributed by atoms with E-state index in [1.165, 1.54) is 27.7 Å². The van der Waals surface area contributed by atoms with Gasteiger partial charge in [-0.25, -0.2) is 4.39 Å². The van der Waals surface area contributed by atoms with Gasteiger partial charge in [-0.3, -0.25) is 0 Å². The molecule has 15 heavy (non-hydrogen) atoms. The van der Waals surface area contributed by atoms with Crippen LogP contribution in [0.15, 0.2) is 36.4 Å². The van der Waals surface area contributed by atoms with Crippen molar-refractivity contribution < 1.29 is 4.39 Å². The lowest BCUT2D eigenvalue weighted by atomic mass is 10.1. The number of benzene rings is 2. The SMILES string of the molecule is Cc1cccc2c1sc1c(F)cccc12. The fourth-order valence-electron chi connectivity index (χ4n) is 1.93. The van der Waals surface area contributed by atoms with E-state index in [0.717, 1.165) is 15.5 Å². The van der Waals surface area contributed by atoms with Crippen LogP contribution in [0.2, 0.25) is 0 Å². The lowest BCUT2D eigenvalue weighted by molar-refractivity contribution is 0.642. The van der Waals surface area contributed by atoms with E-state index in [0.29, 0.717) is 0 Å². The molecule has 0 amide bonds. The predicted molar refractivity (Wildman–Crippen MR) is 64.0 cm³/mol. The summed E-state index contributed by atoms with van der Waals surface area (Å²) >= 11 is 1.54. The molecular formula is C13H9FS. The van der Waals surface area contributed by atoms with Crippen LogP contribution in [0.5, 0.6) is 0 Å². The second-order valence-corrected chi connectivity index (χ2v) is 4.69. The molecule has 1 heterocycles. The Morgan fingerprint density at radius 1 is 0.933 bits per heavy atom. The van der Waals surface area contributed by atoms with Crippen LogP contribution in [0.25, 0.3) is 20.2 Å². The van der Waals surface area contributed by atoms with E-state index in [1.807, 2.05) is 12.1 Å².